The van der Waals surface area contributed by atoms with Crippen LogP contribution in [0.4, 0.5) is 0 Å². The molecule has 0 bridgehead atoms. The third-order valence-electron chi connectivity index (χ3n) is 4.58. The van der Waals surface area contributed by atoms with Gasteiger partial charge in [-0.3, -0.25) is 4.79 Å². The van der Waals surface area contributed by atoms with Crippen LogP contribution in [0.2, 0.25) is 0 Å². The van der Waals surface area contributed by atoms with Gasteiger partial charge < -0.3 is 4.90 Å². The Morgan fingerprint density at radius 2 is 1.67 bits per heavy atom. The number of rotatable bonds is 3. The number of sulfone groups is 1. The largest absolute Gasteiger partial charge is 0.332 e. The first-order valence-corrected chi connectivity index (χ1v) is 9.47. The van der Waals surface area contributed by atoms with E-state index in [0.717, 1.165) is 25.7 Å². The summed E-state index contributed by atoms with van der Waals surface area (Å²) in [5.41, 5.74) is 0.661. The highest BCUT2D eigenvalue weighted by molar-refractivity contribution is 7.91. The second-order valence-corrected chi connectivity index (χ2v) is 8.30. The Bertz CT molecular complexity index is 606. The van der Waals surface area contributed by atoms with Crippen LogP contribution in [-0.4, -0.2) is 42.8 Å². The van der Waals surface area contributed by atoms with Crippen molar-refractivity contribution in [3.05, 3.63) is 35.9 Å². The summed E-state index contributed by atoms with van der Waals surface area (Å²) in [6.07, 6.45) is 4.83. The maximum atomic E-state index is 12.9. The number of carbonyl (C=O) groups excluding carboxylic acids is 1. The molecular weight excluding hydrogens is 286 g/mol. The van der Waals surface area contributed by atoms with Gasteiger partial charge in [0, 0.05) is 17.6 Å². The van der Waals surface area contributed by atoms with E-state index in [-0.39, 0.29) is 29.5 Å². The normalized spacial score (nSPS) is 25.0. The standard InChI is InChI=1S/C16H21NO3S/c18-16(13-6-2-1-3-7-13)17(14-8-4-5-9-14)15-10-11-21(19,20)12-15/h1-3,6-7,14-15H,4-5,8-12H2/t15-/m0/s1. The number of carbonyl (C=O) groups is 1. The van der Waals surface area contributed by atoms with Crippen LogP contribution in [0.25, 0.3) is 0 Å². The van der Waals surface area contributed by atoms with E-state index in [0.29, 0.717) is 12.0 Å². The Morgan fingerprint density at radius 3 is 2.24 bits per heavy atom. The van der Waals surface area contributed by atoms with Gasteiger partial charge in [0.1, 0.15) is 0 Å². The molecule has 2 fully saturated rings. The molecule has 1 amide bonds. The quantitative estimate of drug-likeness (QED) is 0.860. The van der Waals surface area contributed by atoms with E-state index in [2.05, 4.69) is 0 Å². The molecule has 21 heavy (non-hydrogen) atoms. The summed E-state index contributed by atoms with van der Waals surface area (Å²) in [6.45, 7) is 0. The van der Waals surface area contributed by atoms with E-state index in [1.165, 1.54) is 0 Å². The van der Waals surface area contributed by atoms with E-state index in [4.69, 9.17) is 0 Å². The predicted octanol–water partition coefficient (Wildman–Crippen LogP) is 2.26. The summed E-state index contributed by atoms with van der Waals surface area (Å²) in [4.78, 5) is 14.7. The van der Waals surface area contributed by atoms with Crippen molar-refractivity contribution in [2.45, 2.75) is 44.2 Å². The molecule has 1 aliphatic heterocycles. The molecule has 0 aromatic heterocycles. The number of nitrogens with zero attached hydrogens (tertiary/aromatic N) is 1. The molecule has 4 nitrogen and oxygen atoms in total. The van der Waals surface area contributed by atoms with Gasteiger partial charge in [-0.2, -0.15) is 0 Å². The van der Waals surface area contributed by atoms with Crippen LogP contribution in [0, 0.1) is 0 Å². The summed E-state index contributed by atoms with van der Waals surface area (Å²) < 4.78 is 23.6. The molecular formula is C16H21NO3S. The van der Waals surface area contributed by atoms with Crippen LogP contribution in [0.15, 0.2) is 30.3 Å². The van der Waals surface area contributed by atoms with Crippen LogP contribution in [-0.2, 0) is 9.84 Å². The summed E-state index contributed by atoms with van der Waals surface area (Å²) in [6, 6.07) is 9.27. The maximum Gasteiger partial charge on any atom is 0.254 e. The Hall–Kier alpha value is -1.36. The van der Waals surface area contributed by atoms with Gasteiger partial charge in [-0.1, -0.05) is 31.0 Å². The van der Waals surface area contributed by atoms with Crippen molar-refractivity contribution in [3.8, 4) is 0 Å². The van der Waals surface area contributed by atoms with E-state index in [9.17, 15) is 13.2 Å². The fourth-order valence-electron chi connectivity index (χ4n) is 3.54. The fourth-order valence-corrected chi connectivity index (χ4v) is 5.25. The van der Waals surface area contributed by atoms with E-state index < -0.39 is 9.84 Å². The number of hydrogen-bond donors (Lipinski definition) is 0. The first-order chi connectivity index (χ1) is 10.1. The molecule has 0 spiro atoms. The Balaban J connectivity index is 1.87. The third-order valence-corrected chi connectivity index (χ3v) is 6.33. The Kier molecular flexibility index (Phi) is 4.02. The molecule has 2 aliphatic rings. The first-order valence-electron chi connectivity index (χ1n) is 7.65. The lowest BCUT2D eigenvalue weighted by Gasteiger charge is -2.34. The van der Waals surface area contributed by atoms with Crippen LogP contribution in [0.3, 0.4) is 0 Å². The zero-order chi connectivity index (χ0) is 14.9. The molecule has 1 saturated carbocycles. The van der Waals surface area contributed by atoms with Crippen LogP contribution >= 0.6 is 0 Å². The van der Waals surface area contributed by atoms with Gasteiger partial charge in [0.25, 0.3) is 5.91 Å². The third kappa shape index (κ3) is 3.12. The van der Waals surface area contributed by atoms with Crippen molar-refractivity contribution in [2.75, 3.05) is 11.5 Å². The second-order valence-electron chi connectivity index (χ2n) is 6.07. The summed E-state index contributed by atoms with van der Waals surface area (Å²) in [5, 5.41) is 0. The van der Waals surface area contributed by atoms with Crippen LogP contribution < -0.4 is 0 Å². The molecule has 1 aromatic carbocycles. The zero-order valence-corrected chi connectivity index (χ0v) is 12.9. The average molecular weight is 307 g/mol. The SMILES string of the molecule is O=C(c1ccccc1)N(C1CCCC1)[C@H]1CCS(=O)(=O)C1. The lowest BCUT2D eigenvalue weighted by molar-refractivity contribution is 0.0601. The van der Waals surface area contributed by atoms with Crippen molar-refractivity contribution >= 4 is 15.7 Å². The second kappa shape index (κ2) is 5.79. The predicted molar refractivity (Wildman–Crippen MR) is 81.9 cm³/mol. The van der Waals surface area contributed by atoms with E-state index in [1.54, 1.807) is 0 Å². The van der Waals surface area contributed by atoms with Gasteiger partial charge in [0.05, 0.1) is 11.5 Å². The minimum absolute atomic E-state index is 0.00963. The minimum Gasteiger partial charge on any atom is -0.332 e. The van der Waals surface area contributed by atoms with E-state index in [1.807, 2.05) is 35.2 Å². The summed E-state index contributed by atoms with van der Waals surface area (Å²) in [5.74, 6) is 0.329. The summed E-state index contributed by atoms with van der Waals surface area (Å²) >= 11 is 0. The van der Waals surface area contributed by atoms with Crippen molar-refractivity contribution in [1.29, 1.82) is 0 Å². The molecule has 1 atom stereocenters. The highest BCUT2D eigenvalue weighted by Crippen LogP contribution is 2.30. The topological polar surface area (TPSA) is 54.5 Å². The summed E-state index contributed by atoms with van der Waals surface area (Å²) in [7, 11) is -2.98. The fraction of sp³-hybridized carbons (Fsp3) is 0.562. The minimum atomic E-state index is -2.98. The lowest BCUT2D eigenvalue weighted by Crippen LogP contribution is -2.46. The smallest absolute Gasteiger partial charge is 0.254 e. The first kappa shape index (κ1) is 14.6. The molecule has 5 heteroatoms. The molecule has 0 radical (unpaired) electrons. The molecule has 1 saturated heterocycles. The van der Waals surface area contributed by atoms with Crippen molar-refractivity contribution in [3.63, 3.8) is 0 Å². The zero-order valence-electron chi connectivity index (χ0n) is 12.1. The van der Waals surface area contributed by atoms with Gasteiger partial charge >= 0.3 is 0 Å². The molecule has 1 aliphatic carbocycles. The van der Waals surface area contributed by atoms with Gasteiger partial charge in [-0.25, -0.2) is 8.42 Å². The number of hydrogen-bond acceptors (Lipinski definition) is 3. The molecule has 1 heterocycles. The Labute approximate surface area is 126 Å². The maximum absolute atomic E-state index is 12.9. The average Bonchev–Trinajstić information content (AvgIpc) is 3.10. The number of benzene rings is 1. The van der Waals surface area contributed by atoms with Crippen molar-refractivity contribution < 1.29 is 13.2 Å². The van der Waals surface area contributed by atoms with Gasteiger partial charge in [-0.15, -0.1) is 0 Å². The van der Waals surface area contributed by atoms with E-state index >= 15 is 0 Å². The van der Waals surface area contributed by atoms with Crippen molar-refractivity contribution in [1.82, 2.24) is 4.90 Å². The van der Waals surface area contributed by atoms with Gasteiger partial charge in [-0.05, 0) is 31.4 Å². The van der Waals surface area contributed by atoms with Crippen LogP contribution in [0.1, 0.15) is 42.5 Å². The monoisotopic (exact) mass is 307 g/mol. The van der Waals surface area contributed by atoms with Gasteiger partial charge in [0.2, 0.25) is 0 Å². The highest BCUT2D eigenvalue weighted by atomic mass is 32.2. The molecule has 3 rings (SSSR count). The molecule has 114 valence electrons. The highest BCUT2D eigenvalue weighted by Gasteiger charge is 2.39. The molecule has 1 aromatic rings. The molecule has 0 N–H and O–H groups in total. The molecule has 0 unspecified atom stereocenters. The van der Waals surface area contributed by atoms with Gasteiger partial charge in [0.15, 0.2) is 9.84 Å². The lowest BCUT2D eigenvalue weighted by atomic mass is 10.1. The number of amides is 1. The van der Waals surface area contributed by atoms with Crippen LogP contribution in [0.5, 0.6) is 0 Å². The Morgan fingerprint density at radius 1 is 1.00 bits per heavy atom. The van der Waals surface area contributed by atoms with Crippen molar-refractivity contribution in [2.24, 2.45) is 0 Å².